The van der Waals surface area contributed by atoms with Crippen LogP contribution < -0.4 is 26.3 Å². The highest BCUT2D eigenvalue weighted by atomic mass is 16.4. The van der Waals surface area contributed by atoms with Crippen LogP contribution in [0.5, 0.6) is 0 Å². The van der Waals surface area contributed by atoms with Gasteiger partial charge in [0, 0.05) is 34.0 Å². The van der Waals surface area contributed by atoms with Crippen LogP contribution in [0.25, 0.3) is 11.5 Å². The summed E-state index contributed by atoms with van der Waals surface area (Å²) in [6, 6.07) is 40.7. The number of oxazole rings is 1. The first-order valence-electron chi connectivity index (χ1n) is 19.5. The van der Waals surface area contributed by atoms with E-state index in [-0.39, 0.29) is 28.4 Å². The van der Waals surface area contributed by atoms with E-state index in [4.69, 9.17) is 9.40 Å². The van der Waals surface area contributed by atoms with Crippen LogP contribution in [-0.2, 0) is 21.7 Å². The third-order valence-corrected chi connectivity index (χ3v) is 11.4. The number of rotatable bonds is 3. The summed E-state index contributed by atoms with van der Waals surface area (Å²) in [5.74, 6) is 1.41. The van der Waals surface area contributed by atoms with Gasteiger partial charge in [0.05, 0.1) is 5.59 Å². The zero-order valence-electron chi connectivity index (χ0n) is 34.2. The summed E-state index contributed by atoms with van der Waals surface area (Å²) in [7, 11) is 0. The minimum Gasteiger partial charge on any atom is -0.420 e. The lowest BCUT2D eigenvalue weighted by Crippen LogP contribution is -2.61. The molecule has 54 heavy (non-hydrogen) atoms. The summed E-state index contributed by atoms with van der Waals surface area (Å²) < 4.78 is 7.01. The van der Waals surface area contributed by atoms with E-state index >= 15 is 0 Å². The van der Waals surface area contributed by atoms with Crippen molar-refractivity contribution in [3.63, 3.8) is 0 Å². The Kier molecular flexibility index (Phi) is 8.16. The summed E-state index contributed by atoms with van der Waals surface area (Å²) in [4.78, 5) is 10.2. The lowest BCUT2D eigenvalue weighted by molar-refractivity contribution is 0.579. The molecule has 6 aromatic rings. The van der Waals surface area contributed by atoms with Gasteiger partial charge in [-0.2, -0.15) is 0 Å². The molecule has 0 atom stereocenters. The van der Waals surface area contributed by atoms with Crippen LogP contribution in [-0.4, -0.2) is 11.7 Å². The Balaban J connectivity index is 1.40. The van der Waals surface area contributed by atoms with Crippen molar-refractivity contribution in [1.82, 2.24) is 4.98 Å². The van der Waals surface area contributed by atoms with Crippen molar-refractivity contribution in [2.45, 2.75) is 105 Å². The minimum atomic E-state index is -0.120. The van der Waals surface area contributed by atoms with Crippen LogP contribution in [0.2, 0.25) is 0 Å². The molecule has 5 heteroatoms. The normalized spacial score (nSPS) is 14.2. The van der Waals surface area contributed by atoms with E-state index in [1.165, 1.54) is 38.9 Å². The second kappa shape index (κ2) is 12.2. The molecule has 274 valence electrons. The highest BCUT2D eigenvalue weighted by molar-refractivity contribution is 6.99. The monoisotopic (exact) mass is 711 g/mol. The SMILES string of the molecule is CC(C)(C)c1ccc(-c2nc3c(o2)N(c2ccc(C(C)(C)C)cc2)c2cccc4c2B3c2cc(C(C)(C)C)ccc2N4c2ccc(C(C)(C)C)cc2)cc1. The number of benzene rings is 5. The number of aromatic nitrogens is 1. The summed E-state index contributed by atoms with van der Waals surface area (Å²) in [6.45, 7) is 27.1. The zero-order chi connectivity index (χ0) is 38.5. The fraction of sp³-hybridized carbons (Fsp3) is 0.327. The van der Waals surface area contributed by atoms with Crippen molar-refractivity contribution in [3.05, 3.63) is 131 Å². The van der Waals surface area contributed by atoms with E-state index in [0.717, 1.165) is 39.8 Å². The Morgan fingerprint density at radius 3 is 1.43 bits per heavy atom. The average molecular weight is 712 g/mol. The molecule has 0 N–H and O–H groups in total. The van der Waals surface area contributed by atoms with Crippen LogP contribution in [0.1, 0.15) is 105 Å². The molecular formula is C49H54BN3O. The molecular weight excluding hydrogens is 657 g/mol. The largest absolute Gasteiger partial charge is 0.420 e. The van der Waals surface area contributed by atoms with Gasteiger partial charge >= 0.3 is 0 Å². The molecule has 0 saturated heterocycles. The maximum atomic E-state index is 7.01. The summed E-state index contributed by atoms with van der Waals surface area (Å²) >= 11 is 0. The van der Waals surface area contributed by atoms with Crippen molar-refractivity contribution in [3.8, 4) is 11.5 Å². The van der Waals surface area contributed by atoms with Gasteiger partial charge in [-0.15, -0.1) is 0 Å². The molecule has 0 unspecified atom stereocenters. The van der Waals surface area contributed by atoms with E-state index in [2.05, 4.69) is 202 Å². The first-order valence-corrected chi connectivity index (χ1v) is 19.5. The van der Waals surface area contributed by atoms with Crippen molar-refractivity contribution in [2.24, 2.45) is 0 Å². The third-order valence-electron chi connectivity index (χ3n) is 11.4. The standard InChI is InChI=1S/C49H54BN3O/c1-46(2,3)32-18-16-31(17-19-32)44-51-43-45(54-44)53(37-27-22-34(23-28-37)48(7,8)9)41-15-13-14-40-42(41)50(43)38-30-35(49(10,11)12)24-29-39(38)52(40)36-25-20-33(21-26-36)47(4,5)6/h13-30H,1-12H3. The first-order chi connectivity index (χ1) is 25.3. The fourth-order valence-corrected chi connectivity index (χ4v) is 8.03. The molecule has 8 rings (SSSR count). The van der Waals surface area contributed by atoms with Gasteiger partial charge in [0.25, 0.3) is 6.71 Å². The van der Waals surface area contributed by atoms with Crippen LogP contribution in [0, 0.1) is 0 Å². The summed E-state index contributed by atoms with van der Waals surface area (Å²) in [5, 5.41) is 0. The second-order valence-corrected chi connectivity index (χ2v) is 19.5. The van der Waals surface area contributed by atoms with Crippen molar-refractivity contribution in [2.75, 3.05) is 9.80 Å². The summed E-state index contributed by atoms with van der Waals surface area (Å²) in [5.41, 5.74) is 15.4. The quantitative estimate of drug-likeness (QED) is 0.171. The van der Waals surface area contributed by atoms with Gasteiger partial charge in [0.2, 0.25) is 11.8 Å². The van der Waals surface area contributed by atoms with Gasteiger partial charge in [-0.25, -0.2) is 4.98 Å². The number of fused-ring (bicyclic) bond motifs is 4. The van der Waals surface area contributed by atoms with E-state index in [1.54, 1.807) is 0 Å². The topological polar surface area (TPSA) is 32.5 Å². The molecule has 0 amide bonds. The van der Waals surface area contributed by atoms with Gasteiger partial charge in [0.1, 0.15) is 0 Å². The Morgan fingerprint density at radius 1 is 0.481 bits per heavy atom. The van der Waals surface area contributed by atoms with E-state index in [1.807, 2.05) is 0 Å². The maximum absolute atomic E-state index is 7.01. The van der Waals surface area contributed by atoms with Gasteiger partial charge in [-0.1, -0.05) is 138 Å². The van der Waals surface area contributed by atoms with Gasteiger partial charge < -0.3 is 9.32 Å². The van der Waals surface area contributed by atoms with Crippen LogP contribution >= 0.6 is 0 Å². The van der Waals surface area contributed by atoms with Crippen molar-refractivity contribution >= 4 is 57.6 Å². The number of nitrogens with zero attached hydrogens (tertiary/aromatic N) is 3. The van der Waals surface area contributed by atoms with Gasteiger partial charge in [-0.3, -0.25) is 4.90 Å². The first kappa shape index (κ1) is 36.0. The highest BCUT2D eigenvalue weighted by Crippen LogP contribution is 2.45. The average Bonchev–Trinajstić information content (AvgIpc) is 3.55. The number of anilines is 6. The molecule has 2 aliphatic heterocycles. The Morgan fingerprint density at radius 2 is 0.926 bits per heavy atom. The molecule has 0 aliphatic carbocycles. The third kappa shape index (κ3) is 6.06. The molecule has 0 saturated carbocycles. The molecule has 1 aromatic heterocycles. The zero-order valence-corrected chi connectivity index (χ0v) is 34.2. The fourth-order valence-electron chi connectivity index (χ4n) is 8.03. The maximum Gasteiger partial charge on any atom is 0.279 e. The van der Waals surface area contributed by atoms with Crippen molar-refractivity contribution < 1.29 is 4.42 Å². The molecule has 0 fully saturated rings. The molecule has 2 aliphatic rings. The van der Waals surface area contributed by atoms with E-state index < -0.39 is 0 Å². The van der Waals surface area contributed by atoms with Crippen LogP contribution in [0.15, 0.2) is 114 Å². The number of hydrogen-bond acceptors (Lipinski definition) is 4. The lowest BCUT2D eigenvalue weighted by atomic mass is 9.35. The van der Waals surface area contributed by atoms with E-state index in [9.17, 15) is 0 Å². The molecule has 3 heterocycles. The van der Waals surface area contributed by atoms with Gasteiger partial charge in [-0.05, 0) is 109 Å². The molecule has 4 nitrogen and oxygen atoms in total. The van der Waals surface area contributed by atoms with Gasteiger partial charge in [0.15, 0.2) is 0 Å². The second-order valence-electron chi connectivity index (χ2n) is 19.5. The van der Waals surface area contributed by atoms with Crippen LogP contribution in [0.3, 0.4) is 0 Å². The summed E-state index contributed by atoms with van der Waals surface area (Å²) in [6.07, 6.45) is 0. The molecule has 5 aromatic carbocycles. The smallest absolute Gasteiger partial charge is 0.279 e. The minimum absolute atomic E-state index is 0.0316. The number of hydrogen-bond donors (Lipinski definition) is 0. The van der Waals surface area contributed by atoms with E-state index in [0.29, 0.717) is 5.89 Å². The van der Waals surface area contributed by atoms with Crippen LogP contribution in [0.4, 0.5) is 34.3 Å². The Bertz CT molecular complexity index is 2360. The predicted molar refractivity (Wildman–Crippen MR) is 231 cm³/mol. The lowest BCUT2D eigenvalue weighted by Gasteiger charge is -2.42. The molecule has 0 radical (unpaired) electrons. The molecule has 0 bridgehead atoms. The highest BCUT2D eigenvalue weighted by Gasteiger charge is 2.47. The van der Waals surface area contributed by atoms with Crippen molar-refractivity contribution in [1.29, 1.82) is 0 Å². The Hall–Kier alpha value is -5.03. The predicted octanol–water partition coefficient (Wildman–Crippen LogP) is 11.6. The Labute approximate surface area is 323 Å². The molecule has 0 spiro atoms.